The SMILES string of the molecule is COc1ccc([N+](=O)[O-])cc1-n1c(C)cc([C@@H]2[C@@H](c3ccccn3)NC(=S)N2c2ccc(C(C)C)cc2)c1C. The number of aryl methyl sites for hydroxylation is 1. The first-order valence-electron chi connectivity index (χ1n) is 12.8. The van der Waals surface area contributed by atoms with Gasteiger partial charge < -0.3 is 19.5 Å². The summed E-state index contributed by atoms with van der Waals surface area (Å²) in [5.74, 6) is 0.972. The number of methoxy groups -OCH3 is 1. The molecule has 0 saturated carbocycles. The Labute approximate surface area is 233 Å². The number of benzene rings is 2. The van der Waals surface area contributed by atoms with Crippen LogP contribution in [0.1, 0.15) is 60.1 Å². The minimum absolute atomic E-state index is 0.00166. The van der Waals surface area contributed by atoms with Gasteiger partial charge in [0.05, 0.1) is 35.5 Å². The molecule has 1 aliphatic heterocycles. The van der Waals surface area contributed by atoms with Crippen LogP contribution in [0.5, 0.6) is 5.75 Å². The smallest absolute Gasteiger partial charge is 0.271 e. The molecule has 2 atom stereocenters. The van der Waals surface area contributed by atoms with Crippen molar-refractivity contribution in [1.29, 1.82) is 0 Å². The fourth-order valence-corrected chi connectivity index (χ4v) is 5.74. The summed E-state index contributed by atoms with van der Waals surface area (Å²) in [7, 11) is 1.57. The topological polar surface area (TPSA) is 85.5 Å². The number of hydrogen-bond acceptors (Lipinski definition) is 5. The number of nitrogens with zero attached hydrogens (tertiary/aromatic N) is 4. The van der Waals surface area contributed by atoms with Crippen molar-refractivity contribution in [3.8, 4) is 11.4 Å². The average molecular weight is 542 g/mol. The van der Waals surface area contributed by atoms with Crippen molar-refractivity contribution < 1.29 is 9.66 Å². The predicted octanol–water partition coefficient (Wildman–Crippen LogP) is 6.71. The zero-order valence-electron chi connectivity index (χ0n) is 22.6. The second-order valence-corrected chi connectivity index (χ2v) is 10.4. The molecule has 0 amide bonds. The van der Waals surface area contributed by atoms with Gasteiger partial charge in [0.1, 0.15) is 5.75 Å². The maximum Gasteiger partial charge on any atom is 0.271 e. The van der Waals surface area contributed by atoms with E-state index in [4.69, 9.17) is 17.0 Å². The van der Waals surface area contributed by atoms with E-state index in [9.17, 15) is 10.1 Å². The van der Waals surface area contributed by atoms with E-state index in [-0.39, 0.29) is 17.8 Å². The van der Waals surface area contributed by atoms with Crippen molar-refractivity contribution >= 4 is 28.7 Å². The lowest BCUT2D eigenvalue weighted by molar-refractivity contribution is -0.384. The molecule has 1 fully saturated rings. The van der Waals surface area contributed by atoms with E-state index < -0.39 is 4.92 Å². The Kier molecular flexibility index (Phi) is 7.10. The lowest BCUT2D eigenvalue weighted by Gasteiger charge is -2.28. The number of non-ortho nitro benzene ring substituents is 1. The van der Waals surface area contributed by atoms with Gasteiger partial charge in [0.15, 0.2) is 5.11 Å². The molecule has 2 aromatic heterocycles. The number of hydrogen-bond donors (Lipinski definition) is 1. The van der Waals surface area contributed by atoms with Gasteiger partial charge in [0.25, 0.3) is 5.69 Å². The van der Waals surface area contributed by atoms with Crippen LogP contribution in [0.3, 0.4) is 0 Å². The first kappa shape index (κ1) is 26.4. The van der Waals surface area contributed by atoms with Crippen molar-refractivity contribution in [2.45, 2.75) is 45.7 Å². The van der Waals surface area contributed by atoms with Crippen molar-refractivity contribution in [2.24, 2.45) is 0 Å². The van der Waals surface area contributed by atoms with E-state index in [0.29, 0.717) is 22.5 Å². The molecule has 0 unspecified atom stereocenters. The van der Waals surface area contributed by atoms with Crippen molar-refractivity contribution in [2.75, 3.05) is 12.0 Å². The predicted molar refractivity (Wildman–Crippen MR) is 157 cm³/mol. The van der Waals surface area contributed by atoms with Crippen LogP contribution in [0.15, 0.2) is 72.9 Å². The third kappa shape index (κ3) is 4.74. The number of rotatable bonds is 7. The zero-order chi connectivity index (χ0) is 27.8. The molecular weight excluding hydrogens is 510 g/mol. The fraction of sp³-hybridized carbons (Fsp3) is 0.267. The van der Waals surface area contributed by atoms with Crippen molar-refractivity contribution in [1.82, 2.24) is 14.9 Å². The first-order chi connectivity index (χ1) is 18.7. The van der Waals surface area contributed by atoms with Crippen LogP contribution in [-0.4, -0.2) is 26.7 Å². The maximum atomic E-state index is 11.6. The van der Waals surface area contributed by atoms with Crippen molar-refractivity contribution in [3.63, 3.8) is 0 Å². The minimum atomic E-state index is -0.392. The monoisotopic (exact) mass is 541 g/mol. The summed E-state index contributed by atoms with van der Waals surface area (Å²) >= 11 is 5.91. The Morgan fingerprint density at radius 1 is 1.08 bits per heavy atom. The molecule has 8 nitrogen and oxygen atoms in total. The Morgan fingerprint density at radius 3 is 2.44 bits per heavy atom. The molecule has 1 N–H and O–H groups in total. The second-order valence-electron chi connectivity index (χ2n) is 10.0. The van der Waals surface area contributed by atoms with Crippen LogP contribution in [-0.2, 0) is 0 Å². The number of nitro groups is 1. The Morgan fingerprint density at radius 2 is 1.82 bits per heavy atom. The Hall–Kier alpha value is -4.24. The van der Waals surface area contributed by atoms with E-state index >= 15 is 0 Å². The minimum Gasteiger partial charge on any atom is -0.495 e. The molecule has 1 aliphatic rings. The third-order valence-electron chi connectivity index (χ3n) is 7.34. The lowest BCUT2D eigenvalue weighted by atomic mass is 9.96. The molecule has 2 aromatic carbocycles. The van der Waals surface area contributed by atoms with Crippen LogP contribution in [0.2, 0.25) is 0 Å². The van der Waals surface area contributed by atoms with Crippen LogP contribution in [0, 0.1) is 24.0 Å². The highest BCUT2D eigenvalue weighted by Gasteiger charge is 2.42. The highest BCUT2D eigenvalue weighted by molar-refractivity contribution is 7.80. The van der Waals surface area contributed by atoms with Gasteiger partial charge in [0.2, 0.25) is 0 Å². The van der Waals surface area contributed by atoms with Gasteiger partial charge in [-0.3, -0.25) is 15.1 Å². The molecule has 39 heavy (non-hydrogen) atoms. The number of anilines is 1. The number of thiocarbonyl (C=S) groups is 1. The second kappa shape index (κ2) is 10.5. The molecule has 0 bridgehead atoms. The quantitative estimate of drug-likeness (QED) is 0.158. The van der Waals surface area contributed by atoms with Crippen LogP contribution < -0.4 is 15.0 Å². The molecular formula is C30H31N5O3S. The lowest BCUT2D eigenvalue weighted by Crippen LogP contribution is -2.29. The van der Waals surface area contributed by atoms with Gasteiger partial charge in [-0.1, -0.05) is 32.0 Å². The highest BCUT2D eigenvalue weighted by atomic mass is 32.1. The molecule has 200 valence electrons. The highest BCUT2D eigenvalue weighted by Crippen LogP contribution is 2.44. The summed E-state index contributed by atoms with van der Waals surface area (Å²) in [4.78, 5) is 18.0. The van der Waals surface area contributed by atoms with Crippen LogP contribution in [0.4, 0.5) is 11.4 Å². The molecule has 4 aromatic rings. The van der Waals surface area contributed by atoms with Gasteiger partial charge in [-0.15, -0.1) is 0 Å². The van der Waals surface area contributed by atoms with Crippen LogP contribution in [0.25, 0.3) is 5.69 Å². The van der Waals surface area contributed by atoms with E-state index in [1.165, 1.54) is 11.6 Å². The zero-order valence-corrected chi connectivity index (χ0v) is 23.4. The van der Waals surface area contributed by atoms with E-state index in [2.05, 4.69) is 59.4 Å². The molecule has 1 saturated heterocycles. The normalized spacial score (nSPS) is 17.0. The third-order valence-corrected chi connectivity index (χ3v) is 7.65. The molecule has 0 spiro atoms. The van der Waals surface area contributed by atoms with Gasteiger partial charge in [-0.25, -0.2) is 0 Å². The van der Waals surface area contributed by atoms with Crippen molar-refractivity contribution in [3.05, 3.63) is 111 Å². The molecule has 0 radical (unpaired) electrons. The summed E-state index contributed by atoms with van der Waals surface area (Å²) in [5.41, 5.74) is 6.64. The van der Waals surface area contributed by atoms with Crippen LogP contribution >= 0.6 is 12.2 Å². The first-order valence-corrected chi connectivity index (χ1v) is 13.2. The summed E-state index contributed by atoms with van der Waals surface area (Å²) in [6, 6.07) is 20.7. The van der Waals surface area contributed by atoms with Gasteiger partial charge in [-0.05, 0) is 79.5 Å². The summed E-state index contributed by atoms with van der Waals surface area (Å²) in [6.45, 7) is 8.37. The number of nitrogens with one attached hydrogen (secondary N) is 1. The molecule has 3 heterocycles. The molecule has 9 heteroatoms. The van der Waals surface area contributed by atoms with Gasteiger partial charge in [0, 0.05) is 35.4 Å². The molecule has 0 aliphatic carbocycles. The van der Waals surface area contributed by atoms with E-state index in [1.807, 2.05) is 36.6 Å². The van der Waals surface area contributed by atoms with E-state index in [0.717, 1.165) is 28.3 Å². The molecule has 5 rings (SSSR count). The number of aromatic nitrogens is 2. The number of ether oxygens (including phenoxy) is 1. The Bertz CT molecular complexity index is 1530. The largest absolute Gasteiger partial charge is 0.495 e. The van der Waals surface area contributed by atoms with E-state index in [1.54, 1.807) is 25.4 Å². The average Bonchev–Trinajstić information content (AvgIpc) is 3.43. The van der Waals surface area contributed by atoms with Gasteiger partial charge in [-0.2, -0.15) is 0 Å². The van der Waals surface area contributed by atoms with Gasteiger partial charge >= 0.3 is 0 Å². The summed E-state index contributed by atoms with van der Waals surface area (Å²) in [5, 5.41) is 15.7. The maximum absolute atomic E-state index is 11.6. The Balaban J connectivity index is 1.69. The number of nitro benzene ring substituents is 1. The summed E-state index contributed by atoms with van der Waals surface area (Å²) < 4.78 is 7.62. The standard InChI is InChI=1S/C30H31N5O3S/c1-18(2)21-9-11-22(12-10-21)34-29(28(32-30(34)39)25-8-6-7-15-31-25)24-16-19(3)33(20(24)4)26-17-23(35(36)37)13-14-27(26)38-5/h6-18,28-29H,1-5H3,(H,32,39)/t28-,29-/m1/s1. The summed E-state index contributed by atoms with van der Waals surface area (Å²) in [6.07, 6.45) is 1.79. The fourth-order valence-electron chi connectivity index (χ4n) is 5.39. The number of pyridine rings is 1.